The van der Waals surface area contributed by atoms with Gasteiger partial charge in [0.05, 0.1) is 19.3 Å². The maximum atomic E-state index is 11.7. The van der Waals surface area contributed by atoms with Gasteiger partial charge in [0, 0.05) is 6.61 Å². The van der Waals surface area contributed by atoms with Crippen LogP contribution in [0.4, 0.5) is 0 Å². The lowest BCUT2D eigenvalue weighted by molar-refractivity contribution is -0.134. The average molecular weight is 223 g/mol. The van der Waals surface area contributed by atoms with Gasteiger partial charge < -0.3 is 9.47 Å². The summed E-state index contributed by atoms with van der Waals surface area (Å²) in [5.74, 6) is -0.290. The highest BCUT2D eigenvalue weighted by Gasteiger charge is 2.30. The molecule has 0 saturated carbocycles. The van der Waals surface area contributed by atoms with Crippen LogP contribution in [0.1, 0.15) is 26.7 Å². The Bertz CT molecular complexity index is 357. The Morgan fingerprint density at radius 3 is 3.19 bits per heavy atom. The summed E-state index contributed by atoms with van der Waals surface area (Å²) in [7, 11) is 0. The van der Waals surface area contributed by atoms with Gasteiger partial charge in [-0.3, -0.25) is 4.99 Å². The third-order valence-corrected chi connectivity index (χ3v) is 2.98. The summed E-state index contributed by atoms with van der Waals surface area (Å²) >= 11 is 0. The molecule has 0 bridgehead atoms. The lowest BCUT2D eigenvalue weighted by atomic mass is 9.99. The molecule has 1 atom stereocenters. The minimum Gasteiger partial charge on any atom is -0.461 e. The van der Waals surface area contributed by atoms with E-state index in [2.05, 4.69) is 4.99 Å². The number of esters is 1. The molecule has 0 amide bonds. The molecular weight excluding hydrogens is 206 g/mol. The molecule has 0 aromatic rings. The van der Waals surface area contributed by atoms with Crippen molar-refractivity contribution in [2.24, 2.45) is 4.99 Å². The second-order valence-corrected chi connectivity index (χ2v) is 4.01. The van der Waals surface area contributed by atoms with Crippen LogP contribution in [-0.2, 0) is 14.3 Å². The summed E-state index contributed by atoms with van der Waals surface area (Å²) in [6, 6.07) is 0. The van der Waals surface area contributed by atoms with Crippen molar-refractivity contribution in [3.63, 3.8) is 0 Å². The first kappa shape index (κ1) is 11.3. The quantitative estimate of drug-likeness (QED) is 0.666. The van der Waals surface area contributed by atoms with E-state index < -0.39 is 0 Å². The third-order valence-electron chi connectivity index (χ3n) is 2.98. The monoisotopic (exact) mass is 223 g/mol. The van der Waals surface area contributed by atoms with Gasteiger partial charge >= 0.3 is 5.97 Å². The molecule has 0 saturated heterocycles. The molecule has 0 aromatic heterocycles. The van der Waals surface area contributed by atoms with Gasteiger partial charge in [0.2, 0.25) is 0 Å². The summed E-state index contributed by atoms with van der Waals surface area (Å²) < 4.78 is 10.6. The Labute approximate surface area is 95.3 Å². The summed E-state index contributed by atoms with van der Waals surface area (Å²) in [6.45, 7) is 5.56. The smallest absolute Gasteiger partial charge is 0.356 e. The second kappa shape index (κ2) is 4.78. The van der Waals surface area contributed by atoms with E-state index in [9.17, 15) is 4.79 Å². The fourth-order valence-corrected chi connectivity index (χ4v) is 2.16. The van der Waals surface area contributed by atoms with Gasteiger partial charge in [0.15, 0.2) is 0 Å². The van der Waals surface area contributed by atoms with E-state index in [0.717, 1.165) is 30.6 Å². The van der Waals surface area contributed by atoms with Gasteiger partial charge in [0.1, 0.15) is 5.71 Å². The van der Waals surface area contributed by atoms with Crippen LogP contribution >= 0.6 is 0 Å². The predicted octanol–water partition coefficient (Wildman–Crippen LogP) is 1.50. The topological polar surface area (TPSA) is 47.9 Å². The van der Waals surface area contributed by atoms with Crippen molar-refractivity contribution < 1.29 is 14.3 Å². The average Bonchev–Trinajstić information content (AvgIpc) is 2.60. The van der Waals surface area contributed by atoms with Gasteiger partial charge in [0.25, 0.3) is 0 Å². The van der Waals surface area contributed by atoms with E-state index in [1.54, 1.807) is 0 Å². The molecule has 0 aromatic carbocycles. The zero-order valence-electron chi connectivity index (χ0n) is 9.78. The van der Waals surface area contributed by atoms with Crippen molar-refractivity contribution in [2.45, 2.75) is 32.8 Å². The summed E-state index contributed by atoms with van der Waals surface area (Å²) in [5, 5.41) is 0. The normalized spacial score (nSPS) is 24.9. The molecule has 2 aliphatic rings. The largest absolute Gasteiger partial charge is 0.461 e. The highest BCUT2D eigenvalue weighted by molar-refractivity contribution is 6.44. The number of aliphatic imine (C=N–C) groups is 1. The Hall–Kier alpha value is -1.16. The van der Waals surface area contributed by atoms with E-state index in [1.807, 2.05) is 13.8 Å². The maximum Gasteiger partial charge on any atom is 0.356 e. The number of ether oxygens (including phenoxy) is 2. The summed E-state index contributed by atoms with van der Waals surface area (Å²) in [5.41, 5.74) is 2.73. The number of carbonyl (C=O) groups is 1. The Kier molecular flexibility index (Phi) is 3.39. The molecule has 88 valence electrons. The van der Waals surface area contributed by atoms with E-state index in [4.69, 9.17) is 9.47 Å². The van der Waals surface area contributed by atoms with Crippen LogP contribution in [-0.4, -0.2) is 37.5 Å². The first-order valence-corrected chi connectivity index (χ1v) is 5.79. The Balaban J connectivity index is 2.20. The van der Waals surface area contributed by atoms with Crippen LogP contribution in [0, 0.1) is 0 Å². The first-order valence-electron chi connectivity index (χ1n) is 5.79. The second-order valence-electron chi connectivity index (χ2n) is 4.01. The van der Waals surface area contributed by atoms with E-state index in [-0.39, 0.29) is 12.1 Å². The molecule has 2 rings (SSSR count). The van der Waals surface area contributed by atoms with E-state index in [1.165, 1.54) is 0 Å². The lowest BCUT2D eigenvalue weighted by Crippen LogP contribution is -2.19. The standard InChI is InChI=1S/C12H17NO3/c1-3-15-12(14)11-9-5-4-6-16-8(2)10(9)7-13-11/h8H,3-7H2,1-2H3. The summed E-state index contributed by atoms with van der Waals surface area (Å²) in [4.78, 5) is 16.0. The number of hydrogen-bond donors (Lipinski definition) is 0. The SMILES string of the molecule is CCOC(=O)C1=NCC2=C1CCCOC2C. The van der Waals surface area contributed by atoms with Crippen LogP contribution in [0.15, 0.2) is 16.1 Å². The highest BCUT2D eigenvalue weighted by Crippen LogP contribution is 2.27. The predicted molar refractivity (Wildman–Crippen MR) is 60.6 cm³/mol. The lowest BCUT2D eigenvalue weighted by Gasteiger charge is -2.11. The van der Waals surface area contributed by atoms with Crippen LogP contribution < -0.4 is 0 Å². The van der Waals surface area contributed by atoms with Gasteiger partial charge in [-0.25, -0.2) is 4.79 Å². The van der Waals surface area contributed by atoms with Crippen molar-refractivity contribution >= 4 is 11.7 Å². The number of carbonyl (C=O) groups excluding carboxylic acids is 1. The molecule has 0 radical (unpaired) electrons. The Morgan fingerprint density at radius 1 is 1.62 bits per heavy atom. The fraction of sp³-hybridized carbons (Fsp3) is 0.667. The first-order chi connectivity index (χ1) is 7.74. The fourth-order valence-electron chi connectivity index (χ4n) is 2.16. The van der Waals surface area contributed by atoms with Gasteiger partial charge in [-0.2, -0.15) is 0 Å². The van der Waals surface area contributed by atoms with Crippen LogP contribution in [0.25, 0.3) is 0 Å². The molecule has 0 N–H and O–H groups in total. The van der Waals surface area contributed by atoms with Crippen LogP contribution in [0.5, 0.6) is 0 Å². The number of rotatable bonds is 2. The minimum atomic E-state index is -0.290. The van der Waals surface area contributed by atoms with Crippen molar-refractivity contribution in [3.05, 3.63) is 11.1 Å². The van der Waals surface area contributed by atoms with Crippen LogP contribution in [0.2, 0.25) is 0 Å². The van der Waals surface area contributed by atoms with Gasteiger partial charge in [-0.05, 0) is 37.8 Å². The molecule has 0 aliphatic carbocycles. The van der Waals surface area contributed by atoms with Crippen molar-refractivity contribution in [1.29, 1.82) is 0 Å². The van der Waals surface area contributed by atoms with Gasteiger partial charge in [-0.15, -0.1) is 0 Å². The van der Waals surface area contributed by atoms with Crippen molar-refractivity contribution in [1.82, 2.24) is 0 Å². The number of hydrogen-bond acceptors (Lipinski definition) is 4. The molecule has 0 spiro atoms. The maximum absolute atomic E-state index is 11.7. The van der Waals surface area contributed by atoms with Gasteiger partial charge in [-0.1, -0.05) is 0 Å². The van der Waals surface area contributed by atoms with Crippen molar-refractivity contribution in [3.8, 4) is 0 Å². The third kappa shape index (κ3) is 2.02. The molecule has 1 unspecified atom stereocenters. The zero-order valence-corrected chi connectivity index (χ0v) is 9.78. The molecule has 2 heterocycles. The zero-order chi connectivity index (χ0) is 11.5. The molecule has 2 aliphatic heterocycles. The molecule has 0 fully saturated rings. The molecular formula is C12H17NO3. The van der Waals surface area contributed by atoms with E-state index in [0.29, 0.717) is 18.9 Å². The van der Waals surface area contributed by atoms with Crippen molar-refractivity contribution in [2.75, 3.05) is 19.8 Å². The van der Waals surface area contributed by atoms with E-state index >= 15 is 0 Å². The summed E-state index contributed by atoms with van der Waals surface area (Å²) in [6.07, 6.45) is 1.90. The Morgan fingerprint density at radius 2 is 2.44 bits per heavy atom. The number of nitrogens with zero attached hydrogens (tertiary/aromatic N) is 1. The molecule has 4 heteroatoms. The highest BCUT2D eigenvalue weighted by atomic mass is 16.5. The van der Waals surface area contributed by atoms with Crippen LogP contribution in [0.3, 0.4) is 0 Å². The minimum absolute atomic E-state index is 0.0770. The molecule has 4 nitrogen and oxygen atoms in total. The molecule has 16 heavy (non-hydrogen) atoms.